The summed E-state index contributed by atoms with van der Waals surface area (Å²) in [6, 6.07) is 7.71. The van der Waals surface area contributed by atoms with E-state index in [0.717, 1.165) is 24.9 Å². The summed E-state index contributed by atoms with van der Waals surface area (Å²) >= 11 is 0. The Kier molecular flexibility index (Phi) is 3.91. The largest absolute Gasteiger partial charge is 0.311 e. The van der Waals surface area contributed by atoms with E-state index >= 15 is 0 Å². The molecule has 3 rings (SSSR count). The van der Waals surface area contributed by atoms with Crippen LogP contribution in [0.3, 0.4) is 0 Å². The molecule has 2 atom stereocenters. The van der Waals surface area contributed by atoms with Crippen LogP contribution in [0, 0.1) is 5.92 Å². The van der Waals surface area contributed by atoms with Gasteiger partial charge in [-0.3, -0.25) is 9.78 Å². The van der Waals surface area contributed by atoms with Crippen LogP contribution in [0.15, 0.2) is 41.5 Å². The lowest BCUT2D eigenvalue weighted by molar-refractivity contribution is 0.306. The summed E-state index contributed by atoms with van der Waals surface area (Å²) in [7, 11) is 0. The highest BCUT2D eigenvalue weighted by Crippen LogP contribution is 2.38. The smallest absolute Gasteiger partial charge is 0.250 e. The predicted octanol–water partition coefficient (Wildman–Crippen LogP) is 3.83. The lowest BCUT2D eigenvalue weighted by atomic mass is 9.82. The topological polar surface area (TPSA) is 34.9 Å². The highest BCUT2D eigenvalue weighted by molar-refractivity contribution is 5.65. The maximum absolute atomic E-state index is 12.3. The summed E-state index contributed by atoms with van der Waals surface area (Å²) in [6.07, 6.45) is 7.07. The molecule has 0 N–H and O–H groups in total. The molecule has 0 spiro atoms. The molecule has 110 valence electrons. The standard InChI is InChI=1S/C18H22N2O/c1-3-13-10-14(4-2)18-16(15-6-5-9-19-11-15)7-8-17(21)20(18)12-13/h5-9,11,13-14H,3-4,10,12H2,1-2H3. The van der Waals surface area contributed by atoms with Crippen molar-refractivity contribution in [3.05, 3.63) is 52.7 Å². The van der Waals surface area contributed by atoms with Crippen LogP contribution in [-0.2, 0) is 6.54 Å². The van der Waals surface area contributed by atoms with Gasteiger partial charge in [-0.05, 0) is 30.9 Å². The zero-order valence-corrected chi connectivity index (χ0v) is 12.7. The molecule has 1 aliphatic rings. The van der Waals surface area contributed by atoms with Crippen molar-refractivity contribution >= 4 is 0 Å². The molecule has 0 radical (unpaired) electrons. The second kappa shape index (κ2) is 5.84. The van der Waals surface area contributed by atoms with Gasteiger partial charge in [-0.2, -0.15) is 0 Å². The first-order valence-corrected chi connectivity index (χ1v) is 7.88. The van der Waals surface area contributed by atoms with Crippen LogP contribution in [-0.4, -0.2) is 9.55 Å². The van der Waals surface area contributed by atoms with Crippen molar-refractivity contribution in [1.29, 1.82) is 0 Å². The SMILES string of the molecule is CCC1CC(CC)c2c(-c3cccnc3)ccc(=O)n2C1. The van der Waals surface area contributed by atoms with Gasteiger partial charge in [0, 0.05) is 47.7 Å². The summed E-state index contributed by atoms with van der Waals surface area (Å²) < 4.78 is 2.01. The highest BCUT2D eigenvalue weighted by Gasteiger charge is 2.28. The molecule has 0 bridgehead atoms. The van der Waals surface area contributed by atoms with Crippen molar-refractivity contribution in [1.82, 2.24) is 9.55 Å². The van der Waals surface area contributed by atoms with Crippen LogP contribution >= 0.6 is 0 Å². The molecule has 2 aromatic heterocycles. The Morgan fingerprint density at radius 3 is 2.76 bits per heavy atom. The third kappa shape index (κ3) is 2.53. The Hall–Kier alpha value is -1.90. The Bertz CT molecular complexity index is 675. The minimum atomic E-state index is 0.134. The first-order valence-electron chi connectivity index (χ1n) is 7.88. The van der Waals surface area contributed by atoms with Gasteiger partial charge in [0.25, 0.3) is 5.56 Å². The van der Waals surface area contributed by atoms with Crippen molar-refractivity contribution in [3.8, 4) is 11.1 Å². The van der Waals surface area contributed by atoms with Crippen molar-refractivity contribution in [2.45, 2.75) is 45.6 Å². The van der Waals surface area contributed by atoms with Gasteiger partial charge in [-0.25, -0.2) is 0 Å². The van der Waals surface area contributed by atoms with E-state index in [-0.39, 0.29) is 5.56 Å². The van der Waals surface area contributed by atoms with E-state index in [1.165, 1.54) is 17.7 Å². The lowest BCUT2D eigenvalue weighted by Crippen LogP contribution is -2.33. The van der Waals surface area contributed by atoms with Crippen molar-refractivity contribution in [2.24, 2.45) is 5.92 Å². The van der Waals surface area contributed by atoms with Crippen molar-refractivity contribution in [3.63, 3.8) is 0 Å². The van der Waals surface area contributed by atoms with Crippen LogP contribution in [0.25, 0.3) is 11.1 Å². The fourth-order valence-electron chi connectivity index (χ4n) is 3.49. The molecule has 0 saturated heterocycles. The second-order valence-corrected chi connectivity index (χ2v) is 5.94. The fraction of sp³-hybridized carbons (Fsp3) is 0.444. The second-order valence-electron chi connectivity index (χ2n) is 5.94. The first-order chi connectivity index (χ1) is 10.2. The average Bonchev–Trinajstić information content (AvgIpc) is 2.55. The van der Waals surface area contributed by atoms with Gasteiger partial charge < -0.3 is 4.57 Å². The quantitative estimate of drug-likeness (QED) is 0.857. The Labute approximate surface area is 125 Å². The van der Waals surface area contributed by atoms with Gasteiger partial charge in [0.1, 0.15) is 0 Å². The molecule has 0 aliphatic carbocycles. The van der Waals surface area contributed by atoms with Gasteiger partial charge in [0.05, 0.1) is 0 Å². The van der Waals surface area contributed by atoms with E-state index in [4.69, 9.17) is 0 Å². The monoisotopic (exact) mass is 282 g/mol. The van der Waals surface area contributed by atoms with Crippen molar-refractivity contribution < 1.29 is 0 Å². The number of aromatic nitrogens is 2. The molecule has 2 aromatic rings. The van der Waals surface area contributed by atoms with Crippen LogP contribution < -0.4 is 5.56 Å². The summed E-state index contributed by atoms with van der Waals surface area (Å²) in [6.45, 7) is 5.30. The van der Waals surface area contributed by atoms with E-state index in [0.29, 0.717) is 11.8 Å². The Morgan fingerprint density at radius 1 is 1.24 bits per heavy atom. The van der Waals surface area contributed by atoms with Crippen LogP contribution in [0.2, 0.25) is 0 Å². The molecular formula is C18H22N2O. The maximum Gasteiger partial charge on any atom is 0.250 e. The summed E-state index contributed by atoms with van der Waals surface area (Å²) in [5, 5.41) is 0. The third-order valence-electron chi connectivity index (χ3n) is 4.71. The summed E-state index contributed by atoms with van der Waals surface area (Å²) in [4.78, 5) is 16.5. The number of nitrogens with zero attached hydrogens (tertiary/aromatic N) is 2. The van der Waals surface area contributed by atoms with Gasteiger partial charge in [-0.15, -0.1) is 0 Å². The molecule has 0 aromatic carbocycles. The van der Waals surface area contributed by atoms with Crippen LogP contribution in [0.5, 0.6) is 0 Å². The molecule has 0 amide bonds. The van der Waals surface area contributed by atoms with Gasteiger partial charge in [0.2, 0.25) is 0 Å². The van der Waals surface area contributed by atoms with Gasteiger partial charge in [-0.1, -0.05) is 26.3 Å². The minimum absolute atomic E-state index is 0.134. The number of pyridine rings is 2. The first kappa shape index (κ1) is 14.1. The molecule has 0 fully saturated rings. The normalized spacial score (nSPS) is 21.0. The van der Waals surface area contributed by atoms with E-state index in [1.807, 2.05) is 22.9 Å². The Morgan fingerprint density at radius 2 is 2.10 bits per heavy atom. The molecule has 21 heavy (non-hydrogen) atoms. The van der Waals surface area contributed by atoms with Crippen LogP contribution in [0.1, 0.15) is 44.7 Å². The minimum Gasteiger partial charge on any atom is -0.311 e. The van der Waals surface area contributed by atoms with Crippen molar-refractivity contribution in [2.75, 3.05) is 0 Å². The molecule has 0 saturated carbocycles. The average molecular weight is 282 g/mol. The lowest BCUT2D eigenvalue weighted by Gasteiger charge is -2.33. The van der Waals surface area contributed by atoms with Gasteiger partial charge >= 0.3 is 0 Å². The molecule has 3 nitrogen and oxygen atoms in total. The number of hydrogen-bond donors (Lipinski definition) is 0. The fourth-order valence-corrected chi connectivity index (χ4v) is 3.49. The molecule has 3 heteroatoms. The number of hydrogen-bond acceptors (Lipinski definition) is 2. The van der Waals surface area contributed by atoms with Gasteiger partial charge in [0.15, 0.2) is 0 Å². The van der Waals surface area contributed by atoms with E-state index in [1.54, 1.807) is 12.3 Å². The molecule has 2 unspecified atom stereocenters. The molecule has 3 heterocycles. The zero-order chi connectivity index (χ0) is 14.8. The van der Waals surface area contributed by atoms with Crippen LogP contribution in [0.4, 0.5) is 0 Å². The Balaban J connectivity index is 2.19. The van der Waals surface area contributed by atoms with E-state index < -0.39 is 0 Å². The highest BCUT2D eigenvalue weighted by atomic mass is 16.1. The third-order valence-corrected chi connectivity index (χ3v) is 4.71. The molecule has 1 aliphatic heterocycles. The van der Waals surface area contributed by atoms with E-state index in [2.05, 4.69) is 24.9 Å². The zero-order valence-electron chi connectivity index (χ0n) is 12.7. The summed E-state index contributed by atoms with van der Waals surface area (Å²) in [5.41, 5.74) is 3.62. The summed E-state index contributed by atoms with van der Waals surface area (Å²) in [5.74, 6) is 1.08. The maximum atomic E-state index is 12.3. The number of rotatable bonds is 3. The predicted molar refractivity (Wildman–Crippen MR) is 85.4 cm³/mol. The molecular weight excluding hydrogens is 260 g/mol. The number of fused-ring (bicyclic) bond motifs is 1. The van der Waals surface area contributed by atoms with E-state index in [9.17, 15) is 4.79 Å².